The van der Waals surface area contributed by atoms with Crippen molar-refractivity contribution in [2.45, 2.75) is 18.2 Å². The number of nitrogens with zero attached hydrogens (tertiary/aromatic N) is 1. The van der Waals surface area contributed by atoms with E-state index in [9.17, 15) is 9.59 Å². The molecule has 0 aliphatic rings. The van der Waals surface area contributed by atoms with Gasteiger partial charge in [0.15, 0.2) is 0 Å². The molecular weight excluding hydrogens is 336 g/mol. The largest absolute Gasteiger partial charge is 0.462 e. The lowest BCUT2D eigenvalue weighted by Gasteiger charge is -2.07. The van der Waals surface area contributed by atoms with Crippen LogP contribution in [0.1, 0.15) is 29.3 Å². The molecule has 0 heterocycles. The Bertz CT molecular complexity index is 782. The summed E-state index contributed by atoms with van der Waals surface area (Å²) in [5.41, 5.74) is 1.59. The number of carbonyl (C=O) groups is 2. The number of thioether (sulfide) groups is 1. The Kier molecular flexibility index (Phi) is 7.05. The van der Waals surface area contributed by atoms with Gasteiger partial charge < -0.3 is 10.1 Å². The molecule has 2 aromatic rings. The van der Waals surface area contributed by atoms with Gasteiger partial charge in [-0.15, -0.1) is 11.8 Å². The molecule has 1 N–H and O–H groups in total. The van der Waals surface area contributed by atoms with Crippen molar-refractivity contribution in [3.63, 3.8) is 0 Å². The van der Waals surface area contributed by atoms with Crippen molar-refractivity contribution >= 4 is 29.3 Å². The van der Waals surface area contributed by atoms with Gasteiger partial charge in [0.25, 0.3) is 0 Å². The van der Waals surface area contributed by atoms with Crippen LogP contribution < -0.4 is 5.32 Å². The number of benzene rings is 2. The van der Waals surface area contributed by atoms with Gasteiger partial charge in [-0.05, 0) is 49.4 Å². The minimum Gasteiger partial charge on any atom is -0.462 e. The minimum atomic E-state index is -0.407. The van der Waals surface area contributed by atoms with Crippen molar-refractivity contribution < 1.29 is 14.3 Å². The summed E-state index contributed by atoms with van der Waals surface area (Å²) in [4.78, 5) is 24.7. The number of nitrogens with one attached hydrogen (secondary N) is 1. The first kappa shape index (κ1) is 18.6. The first-order chi connectivity index (χ1) is 12.1. The molecule has 2 rings (SSSR count). The van der Waals surface area contributed by atoms with E-state index in [1.165, 1.54) is 0 Å². The smallest absolute Gasteiger partial charge is 0.338 e. The second-order valence-electron chi connectivity index (χ2n) is 5.08. The lowest BCUT2D eigenvalue weighted by atomic mass is 10.2. The third-order valence-electron chi connectivity index (χ3n) is 3.24. The van der Waals surface area contributed by atoms with Crippen LogP contribution in [-0.4, -0.2) is 24.2 Å². The van der Waals surface area contributed by atoms with Crippen LogP contribution in [0, 0.1) is 11.3 Å². The van der Waals surface area contributed by atoms with Gasteiger partial charge in [-0.2, -0.15) is 5.26 Å². The van der Waals surface area contributed by atoms with Gasteiger partial charge in [0.2, 0.25) is 5.91 Å². The van der Waals surface area contributed by atoms with Gasteiger partial charge in [-0.3, -0.25) is 4.79 Å². The number of ether oxygens (including phenoxy) is 1. The fraction of sp³-hybridized carbons (Fsp3) is 0.211. The van der Waals surface area contributed by atoms with E-state index in [4.69, 9.17) is 10.00 Å². The summed E-state index contributed by atoms with van der Waals surface area (Å²) < 4.78 is 4.94. The van der Waals surface area contributed by atoms with Gasteiger partial charge in [0.1, 0.15) is 0 Å². The lowest BCUT2D eigenvalue weighted by molar-refractivity contribution is -0.115. The summed E-state index contributed by atoms with van der Waals surface area (Å²) in [6.07, 6.45) is 0.342. The van der Waals surface area contributed by atoms with E-state index in [2.05, 4.69) is 11.4 Å². The average Bonchev–Trinajstić information content (AvgIpc) is 2.62. The molecule has 0 unspecified atom stereocenters. The molecule has 0 radical (unpaired) electrons. The number of nitriles is 1. The Hall–Kier alpha value is -2.78. The number of carbonyl (C=O) groups excluding carboxylic acids is 2. The van der Waals surface area contributed by atoms with Gasteiger partial charge in [-0.1, -0.05) is 6.07 Å². The zero-order valence-electron chi connectivity index (χ0n) is 13.8. The molecule has 0 saturated heterocycles. The molecule has 1 amide bonds. The van der Waals surface area contributed by atoms with E-state index in [-0.39, 0.29) is 5.91 Å². The molecule has 5 nitrogen and oxygen atoms in total. The molecule has 0 aliphatic heterocycles. The molecule has 2 aromatic carbocycles. The first-order valence-electron chi connectivity index (χ1n) is 7.82. The molecule has 6 heteroatoms. The number of amides is 1. The van der Waals surface area contributed by atoms with Crippen LogP contribution in [0.15, 0.2) is 53.4 Å². The summed E-state index contributed by atoms with van der Waals surface area (Å²) in [5.74, 6) is 0.0899. The normalized spacial score (nSPS) is 9.92. The Morgan fingerprint density at radius 3 is 2.64 bits per heavy atom. The first-order valence-corrected chi connectivity index (χ1v) is 8.81. The van der Waals surface area contributed by atoms with Crippen molar-refractivity contribution in [3.8, 4) is 6.07 Å². The van der Waals surface area contributed by atoms with Gasteiger partial charge in [-0.25, -0.2) is 4.79 Å². The Morgan fingerprint density at radius 1 is 1.20 bits per heavy atom. The number of anilines is 1. The van der Waals surface area contributed by atoms with Crippen molar-refractivity contribution in [2.24, 2.45) is 0 Å². The average molecular weight is 354 g/mol. The SMILES string of the molecule is CCOC(=O)c1cccc(NC(=O)CCSc2ccc(C#N)cc2)c1. The molecule has 0 aliphatic carbocycles. The molecule has 0 bridgehead atoms. The number of hydrogen-bond acceptors (Lipinski definition) is 5. The van der Waals surface area contributed by atoms with E-state index in [0.29, 0.717) is 35.6 Å². The van der Waals surface area contributed by atoms with Crippen molar-refractivity contribution in [3.05, 3.63) is 59.7 Å². The second-order valence-corrected chi connectivity index (χ2v) is 6.25. The lowest BCUT2D eigenvalue weighted by Crippen LogP contribution is -2.13. The molecule has 25 heavy (non-hydrogen) atoms. The summed E-state index contributed by atoms with van der Waals surface area (Å²) >= 11 is 1.55. The van der Waals surface area contributed by atoms with Gasteiger partial charge in [0, 0.05) is 22.8 Å². The van der Waals surface area contributed by atoms with E-state index in [1.807, 2.05) is 12.1 Å². The zero-order chi connectivity index (χ0) is 18.1. The number of esters is 1. The Labute approximate surface area is 151 Å². The summed E-state index contributed by atoms with van der Waals surface area (Å²) in [6, 6.07) is 16.0. The van der Waals surface area contributed by atoms with Crippen LogP contribution in [0.4, 0.5) is 5.69 Å². The van der Waals surface area contributed by atoms with E-state index in [0.717, 1.165) is 4.90 Å². The highest BCUT2D eigenvalue weighted by Gasteiger charge is 2.08. The van der Waals surface area contributed by atoms with Crippen LogP contribution in [0.5, 0.6) is 0 Å². The highest BCUT2D eigenvalue weighted by Crippen LogP contribution is 2.19. The van der Waals surface area contributed by atoms with Crippen molar-refractivity contribution in [2.75, 3.05) is 17.7 Å². The second kappa shape index (κ2) is 9.50. The third-order valence-corrected chi connectivity index (χ3v) is 4.25. The summed E-state index contributed by atoms with van der Waals surface area (Å²) in [6.45, 7) is 2.05. The standard InChI is InChI=1S/C19H18N2O3S/c1-2-24-19(23)15-4-3-5-16(12-15)21-18(22)10-11-25-17-8-6-14(13-20)7-9-17/h3-9,12H,2,10-11H2,1H3,(H,21,22). The van der Waals surface area contributed by atoms with Gasteiger partial charge in [0.05, 0.1) is 23.8 Å². The van der Waals surface area contributed by atoms with Crippen LogP contribution in [0.25, 0.3) is 0 Å². The van der Waals surface area contributed by atoms with E-state index < -0.39 is 5.97 Å². The molecule has 0 aromatic heterocycles. The van der Waals surface area contributed by atoms with Crippen LogP contribution >= 0.6 is 11.8 Å². The maximum atomic E-state index is 12.0. The maximum absolute atomic E-state index is 12.0. The molecule has 0 saturated carbocycles. The van der Waals surface area contributed by atoms with Crippen LogP contribution in [-0.2, 0) is 9.53 Å². The fourth-order valence-electron chi connectivity index (χ4n) is 2.05. The predicted octanol–water partition coefficient (Wildman–Crippen LogP) is 3.86. The Balaban J connectivity index is 1.82. The number of hydrogen-bond donors (Lipinski definition) is 1. The monoisotopic (exact) mass is 354 g/mol. The molecular formula is C19H18N2O3S. The van der Waals surface area contributed by atoms with Gasteiger partial charge >= 0.3 is 5.97 Å². The summed E-state index contributed by atoms with van der Waals surface area (Å²) in [5, 5.41) is 11.5. The quantitative estimate of drug-likeness (QED) is 0.603. The van der Waals surface area contributed by atoms with E-state index in [1.54, 1.807) is 55.1 Å². The molecule has 0 spiro atoms. The van der Waals surface area contributed by atoms with Crippen LogP contribution in [0.3, 0.4) is 0 Å². The molecule has 0 atom stereocenters. The topological polar surface area (TPSA) is 79.2 Å². The molecule has 0 fully saturated rings. The molecule has 128 valence electrons. The highest BCUT2D eigenvalue weighted by atomic mass is 32.2. The third kappa shape index (κ3) is 5.98. The van der Waals surface area contributed by atoms with E-state index >= 15 is 0 Å². The zero-order valence-corrected chi connectivity index (χ0v) is 14.6. The minimum absolute atomic E-state index is 0.123. The fourth-order valence-corrected chi connectivity index (χ4v) is 2.90. The highest BCUT2D eigenvalue weighted by molar-refractivity contribution is 7.99. The van der Waals surface area contributed by atoms with Crippen molar-refractivity contribution in [1.29, 1.82) is 5.26 Å². The summed E-state index contributed by atoms with van der Waals surface area (Å²) in [7, 11) is 0. The Morgan fingerprint density at radius 2 is 1.96 bits per heavy atom. The van der Waals surface area contributed by atoms with Crippen molar-refractivity contribution in [1.82, 2.24) is 0 Å². The predicted molar refractivity (Wildman–Crippen MR) is 97.5 cm³/mol. The number of rotatable bonds is 7. The maximum Gasteiger partial charge on any atom is 0.338 e. The van der Waals surface area contributed by atoms with Crippen LogP contribution in [0.2, 0.25) is 0 Å².